The minimum atomic E-state index is -0.506. The predicted molar refractivity (Wildman–Crippen MR) is 119 cm³/mol. The molecule has 0 radical (unpaired) electrons. The monoisotopic (exact) mass is 465 g/mol. The normalized spacial score (nSPS) is 14.0. The van der Waals surface area contributed by atoms with Crippen LogP contribution in [0.25, 0.3) is 5.69 Å². The predicted octanol–water partition coefficient (Wildman–Crippen LogP) is 4.04. The summed E-state index contributed by atoms with van der Waals surface area (Å²) in [7, 11) is 0. The molecule has 7 nitrogen and oxygen atoms in total. The van der Waals surface area contributed by atoms with Gasteiger partial charge in [0.25, 0.3) is 5.56 Å². The summed E-state index contributed by atoms with van der Waals surface area (Å²) in [6.45, 7) is 3.66. The van der Waals surface area contributed by atoms with Crippen molar-refractivity contribution in [3.8, 4) is 5.69 Å². The zero-order chi connectivity index (χ0) is 21.1. The van der Waals surface area contributed by atoms with Crippen molar-refractivity contribution in [1.29, 1.82) is 0 Å². The number of nitrogens with zero attached hydrogens (tertiary/aromatic N) is 4. The first kappa shape index (κ1) is 20.9. The molecule has 10 heteroatoms. The number of hydrogen-bond acceptors (Lipinski definition) is 6. The van der Waals surface area contributed by atoms with E-state index in [1.807, 2.05) is 6.07 Å². The molecule has 0 saturated carbocycles. The average molecular weight is 467 g/mol. The molecule has 0 aliphatic carbocycles. The van der Waals surface area contributed by atoms with Crippen LogP contribution in [-0.2, 0) is 11.3 Å². The summed E-state index contributed by atoms with van der Waals surface area (Å²) >= 11 is 18.2. The van der Waals surface area contributed by atoms with Gasteiger partial charge in [0, 0.05) is 25.8 Å². The molecule has 1 N–H and O–H groups in total. The lowest BCUT2D eigenvalue weighted by Gasteiger charge is -2.28. The SMILES string of the molecule is O=c1c(Cl)c(Cl)cnn1-c1ccc(NCc2ccnc(N3CCOCC3)c2)c(Cl)c1. The van der Waals surface area contributed by atoms with Crippen molar-refractivity contribution in [2.24, 2.45) is 0 Å². The van der Waals surface area contributed by atoms with Crippen LogP contribution in [0.1, 0.15) is 5.56 Å². The van der Waals surface area contributed by atoms with Crippen molar-refractivity contribution in [2.45, 2.75) is 6.54 Å². The Labute approximate surface area is 188 Å². The molecule has 0 unspecified atom stereocenters. The van der Waals surface area contributed by atoms with Crippen LogP contribution in [0.4, 0.5) is 11.5 Å². The Hall–Kier alpha value is -2.32. The van der Waals surface area contributed by atoms with E-state index >= 15 is 0 Å². The van der Waals surface area contributed by atoms with Gasteiger partial charge in [-0.3, -0.25) is 4.79 Å². The summed E-state index contributed by atoms with van der Waals surface area (Å²) in [6, 6.07) is 9.18. The Balaban J connectivity index is 1.49. The van der Waals surface area contributed by atoms with Crippen molar-refractivity contribution in [2.75, 3.05) is 36.5 Å². The van der Waals surface area contributed by atoms with Gasteiger partial charge in [-0.2, -0.15) is 9.78 Å². The topological polar surface area (TPSA) is 72.3 Å². The molecule has 1 aliphatic rings. The molecular formula is C20H18Cl3N5O2. The van der Waals surface area contributed by atoms with E-state index in [1.54, 1.807) is 24.4 Å². The number of morpholine rings is 1. The lowest BCUT2D eigenvalue weighted by Crippen LogP contribution is -2.36. The minimum Gasteiger partial charge on any atom is -0.380 e. The lowest BCUT2D eigenvalue weighted by molar-refractivity contribution is 0.122. The van der Waals surface area contributed by atoms with E-state index in [0.717, 1.165) is 34.8 Å². The summed E-state index contributed by atoms with van der Waals surface area (Å²) in [5, 5.41) is 7.81. The molecule has 1 aliphatic heterocycles. The molecule has 30 heavy (non-hydrogen) atoms. The van der Waals surface area contributed by atoms with Crippen LogP contribution in [0.15, 0.2) is 47.5 Å². The fraction of sp³-hybridized carbons (Fsp3) is 0.250. The van der Waals surface area contributed by atoms with Crippen LogP contribution in [0.2, 0.25) is 15.1 Å². The van der Waals surface area contributed by atoms with Gasteiger partial charge in [-0.15, -0.1) is 0 Å². The number of benzene rings is 1. The molecule has 1 saturated heterocycles. The van der Waals surface area contributed by atoms with Crippen LogP contribution in [-0.4, -0.2) is 41.1 Å². The third-order valence-corrected chi connectivity index (χ3v) is 5.76. The zero-order valence-corrected chi connectivity index (χ0v) is 18.1. The first-order chi connectivity index (χ1) is 14.5. The van der Waals surface area contributed by atoms with Crippen molar-refractivity contribution in [3.63, 3.8) is 0 Å². The molecule has 0 amide bonds. The number of pyridine rings is 1. The summed E-state index contributed by atoms with van der Waals surface area (Å²) in [5.74, 6) is 0.934. The summed E-state index contributed by atoms with van der Waals surface area (Å²) < 4.78 is 6.55. The maximum absolute atomic E-state index is 12.3. The van der Waals surface area contributed by atoms with E-state index in [0.29, 0.717) is 30.5 Å². The molecule has 0 spiro atoms. The number of hydrogen-bond donors (Lipinski definition) is 1. The van der Waals surface area contributed by atoms with E-state index in [1.165, 1.54) is 6.20 Å². The van der Waals surface area contributed by atoms with E-state index in [2.05, 4.69) is 26.4 Å². The van der Waals surface area contributed by atoms with Gasteiger partial charge in [0.2, 0.25) is 0 Å². The molecule has 1 aromatic carbocycles. The molecule has 156 valence electrons. The smallest absolute Gasteiger partial charge is 0.291 e. The number of ether oxygens (including phenoxy) is 1. The van der Waals surface area contributed by atoms with Crippen molar-refractivity contribution < 1.29 is 4.74 Å². The van der Waals surface area contributed by atoms with E-state index in [4.69, 9.17) is 39.5 Å². The highest BCUT2D eigenvalue weighted by Gasteiger charge is 2.13. The van der Waals surface area contributed by atoms with Gasteiger partial charge < -0.3 is 15.0 Å². The maximum Gasteiger partial charge on any atom is 0.291 e. The van der Waals surface area contributed by atoms with Crippen LogP contribution in [0.3, 0.4) is 0 Å². The Kier molecular flexibility index (Phi) is 6.43. The number of rotatable bonds is 5. The van der Waals surface area contributed by atoms with Crippen LogP contribution in [0, 0.1) is 0 Å². The highest BCUT2D eigenvalue weighted by molar-refractivity contribution is 6.41. The van der Waals surface area contributed by atoms with Gasteiger partial charge in [0.1, 0.15) is 10.8 Å². The Morgan fingerprint density at radius 2 is 1.87 bits per heavy atom. The third-order valence-electron chi connectivity index (χ3n) is 4.70. The average Bonchev–Trinajstić information content (AvgIpc) is 2.77. The van der Waals surface area contributed by atoms with Crippen molar-refractivity contribution in [1.82, 2.24) is 14.8 Å². The molecule has 0 bridgehead atoms. The lowest BCUT2D eigenvalue weighted by atomic mass is 10.2. The Morgan fingerprint density at radius 1 is 1.07 bits per heavy atom. The van der Waals surface area contributed by atoms with Gasteiger partial charge >= 0.3 is 0 Å². The van der Waals surface area contributed by atoms with Crippen LogP contribution in [0.5, 0.6) is 0 Å². The van der Waals surface area contributed by atoms with Gasteiger partial charge in [0.05, 0.1) is 40.8 Å². The number of nitrogens with one attached hydrogen (secondary N) is 1. The van der Waals surface area contributed by atoms with Crippen molar-refractivity contribution >= 4 is 46.3 Å². The van der Waals surface area contributed by atoms with Crippen LogP contribution >= 0.6 is 34.8 Å². The first-order valence-electron chi connectivity index (χ1n) is 9.27. The highest BCUT2D eigenvalue weighted by atomic mass is 35.5. The molecule has 3 heterocycles. The fourth-order valence-corrected chi connectivity index (χ4v) is 3.60. The van der Waals surface area contributed by atoms with Gasteiger partial charge in [-0.1, -0.05) is 34.8 Å². The Bertz CT molecular complexity index is 1120. The van der Waals surface area contributed by atoms with Gasteiger partial charge in [0.15, 0.2) is 0 Å². The Morgan fingerprint density at radius 3 is 2.63 bits per heavy atom. The van der Waals surface area contributed by atoms with E-state index in [9.17, 15) is 4.79 Å². The molecule has 1 fully saturated rings. The second-order valence-corrected chi connectivity index (χ2v) is 7.86. The van der Waals surface area contributed by atoms with E-state index in [-0.39, 0.29) is 10.0 Å². The van der Waals surface area contributed by atoms with Crippen LogP contribution < -0.4 is 15.8 Å². The first-order valence-corrected chi connectivity index (χ1v) is 10.4. The molecule has 3 aromatic rings. The van der Waals surface area contributed by atoms with Gasteiger partial charge in [-0.25, -0.2) is 4.98 Å². The molecule has 0 atom stereocenters. The number of halogens is 3. The molecule has 2 aromatic heterocycles. The second kappa shape index (κ2) is 9.22. The summed E-state index contributed by atoms with van der Waals surface area (Å²) in [6.07, 6.45) is 3.12. The highest BCUT2D eigenvalue weighted by Crippen LogP contribution is 2.26. The quantitative estimate of drug-likeness (QED) is 0.612. The summed E-state index contributed by atoms with van der Waals surface area (Å²) in [4.78, 5) is 18.9. The van der Waals surface area contributed by atoms with E-state index < -0.39 is 5.56 Å². The van der Waals surface area contributed by atoms with Gasteiger partial charge in [-0.05, 0) is 35.9 Å². The molecule has 4 rings (SSSR count). The molecular weight excluding hydrogens is 449 g/mol. The number of anilines is 2. The van der Waals surface area contributed by atoms with Crippen molar-refractivity contribution in [3.05, 3.63) is 73.7 Å². The zero-order valence-electron chi connectivity index (χ0n) is 15.8. The standard InChI is InChI=1S/C20H18Cl3N5O2/c21-15-10-14(28-20(29)19(23)16(22)12-26-28)1-2-17(15)25-11-13-3-4-24-18(9-13)27-5-7-30-8-6-27/h1-4,9-10,12,25H,5-8,11H2. The largest absolute Gasteiger partial charge is 0.380 e. The minimum absolute atomic E-state index is 0.0845. The third kappa shape index (κ3) is 4.54. The summed E-state index contributed by atoms with van der Waals surface area (Å²) in [5.41, 5.74) is 1.80. The second-order valence-electron chi connectivity index (χ2n) is 6.66. The fourth-order valence-electron chi connectivity index (χ4n) is 3.11. The maximum atomic E-state index is 12.3. The number of aromatic nitrogens is 3.